The number of hydrogen-bond donors (Lipinski definition) is 0. The molecule has 140 valence electrons. The molecule has 1 saturated heterocycles. The second kappa shape index (κ2) is 7.20. The minimum Gasteiger partial charge on any atom is -0.493 e. The van der Waals surface area contributed by atoms with Crippen molar-refractivity contribution < 1.29 is 14.3 Å². The summed E-state index contributed by atoms with van der Waals surface area (Å²) in [4.78, 5) is 15.5. The average molecular weight is 363 g/mol. The standard InChI is InChI=1S/C23H25NO3/c1-4-17-20(25)14-19(15-8-6-5-7-9-15)24-11-10-16-12-21(26-2)22(27-3)13-18(16)23(17)24/h4-9,12-13,19,23H,10-11,14H2,1-3H3/b17-4-. The lowest BCUT2D eigenvalue weighted by Gasteiger charge is -2.46. The molecule has 4 heteroatoms. The number of piperidine rings is 1. The minimum atomic E-state index is -0.0370. The van der Waals surface area contributed by atoms with Crippen molar-refractivity contribution in [1.82, 2.24) is 4.90 Å². The fraction of sp³-hybridized carbons (Fsp3) is 0.348. The van der Waals surface area contributed by atoms with Crippen molar-refractivity contribution in [2.45, 2.75) is 31.8 Å². The van der Waals surface area contributed by atoms with Gasteiger partial charge in [0.25, 0.3) is 0 Å². The van der Waals surface area contributed by atoms with E-state index in [1.54, 1.807) is 14.2 Å². The molecule has 2 aliphatic rings. The number of carbonyl (C=O) groups is 1. The molecule has 4 nitrogen and oxygen atoms in total. The number of methoxy groups -OCH3 is 2. The Balaban J connectivity index is 1.85. The largest absolute Gasteiger partial charge is 0.493 e. The van der Waals surface area contributed by atoms with E-state index in [0.717, 1.165) is 29.9 Å². The molecule has 0 aromatic heterocycles. The predicted molar refractivity (Wildman–Crippen MR) is 105 cm³/mol. The van der Waals surface area contributed by atoms with Crippen LogP contribution in [0, 0.1) is 0 Å². The highest BCUT2D eigenvalue weighted by atomic mass is 16.5. The molecule has 0 radical (unpaired) electrons. The highest BCUT2D eigenvalue weighted by Gasteiger charge is 2.42. The van der Waals surface area contributed by atoms with Crippen molar-refractivity contribution in [3.63, 3.8) is 0 Å². The number of allylic oxidation sites excluding steroid dienone is 1. The summed E-state index contributed by atoms with van der Waals surface area (Å²) in [6.07, 6.45) is 3.44. The van der Waals surface area contributed by atoms with Crippen LogP contribution in [0.2, 0.25) is 0 Å². The van der Waals surface area contributed by atoms with Crippen molar-refractivity contribution in [2.75, 3.05) is 20.8 Å². The highest BCUT2D eigenvalue weighted by molar-refractivity contribution is 5.98. The number of ether oxygens (including phenoxy) is 2. The van der Waals surface area contributed by atoms with Gasteiger partial charge in [0.2, 0.25) is 0 Å². The zero-order chi connectivity index (χ0) is 19.0. The van der Waals surface area contributed by atoms with Crippen LogP contribution >= 0.6 is 0 Å². The number of fused-ring (bicyclic) bond motifs is 3. The maximum atomic E-state index is 13.0. The van der Waals surface area contributed by atoms with Crippen LogP contribution in [0.25, 0.3) is 0 Å². The van der Waals surface area contributed by atoms with Gasteiger partial charge in [-0.15, -0.1) is 0 Å². The topological polar surface area (TPSA) is 38.8 Å². The molecule has 2 atom stereocenters. The van der Waals surface area contributed by atoms with Gasteiger partial charge < -0.3 is 9.47 Å². The Morgan fingerprint density at radius 2 is 1.78 bits per heavy atom. The van der Waals surface area contributed by atoms with E-state index in [0.29, 0.717) is 12.2 Å². The molecule has 0 spiro atoms. The van der Waals surface area contributed by atoms with E-state index in [1.165, 1.54) is 11.1 Å². The van der Waals surface area contributed by atoms with Crippen molar-refractivity contribution in [3.8, 4) is 11.5 Å². The summed E-state index contributed by atoms with van der Waals surface area (Å²) < 4.78 is 11.0. The van der Waals surface area contributed by atoms with Crippen LogP contribution in [0.4, 0.5) is 0 Å². The van der Waals surface area contributed by atoms with Gasteiger partial charge in [0.15, 0.2) is 17.3 Å². The van der Waals surface area contributed by atoms with E-state index in [9.17, 15) is 4.79 Å². The van der Waals surface area contributed by atoms with Gasteiger partial charge in [-0.1, -0.05) is 36.4 Å². The van der Waals surface area contributed by atoms with Gasteiger partial charge in [-0.2, -0.15) is 0 Å². The summed E-state index contributed by atoms with van der Waals surface area (Å²) in [6.45, 7) is 2.88. The first-order chi connectivity index (χ1) is 13.2. The minimum absolute atomic E-state index is 0.0370. The third-order valence-electron chi connectivity index (χ3n) is 5.80. The maximum absolute atomic E-state index is 13.0. The van der Waals surface area contributed by atoms with E-state index in [2.05, 4.69) is 29.2 Å². The van der Waals surface area contributed by atoms with Gasteiger partial charge in [0.05, 0.1) is 20.3 Å². The number of hydrogen-bond acceptors (Lipinski definition) is 4. The van der Waals surface area contributed by atoms with E-state index in [4.69, 9.17) is 9.47 Å². The molecule has 4 rings (SSSR count). The van der Waals surface area contributed by atoms with Crippen molar-refractivity contribution in [2.24, 2.45) is 0 Å². The number of benzene rings is 2. The molecule has 1 fully saturated rings. The smallest absolute Gasteiger partial charge is 0.162 e. The second-order valence-corrected chi connectivity index (χ2v) is 7.09. The SMILES string of the molecule is C/C=C1/C(=O)CC(c2ccccc2)N2CCc3cc(OC)c(OC)cc3C12. The van der Waals surface area contributed by atoms with Gasteiger partial charge in [-0.3, -0.25) is 9.69 Å². The summed E-state index contributed by atoms with van der Waals surface area (Å²) >= 11 is 0. The Kier molecular flexibility index (Phi) is 4.75. The van der Waals surface area contributed by atoms with Crippen LogP contribution in [0.1, 0.15) is 42.1 Å². The summed E-state index contributed by atoms with van der Waals surface area (Å²) in [7, 11) is 3.31. The van der Waals surface area contributed by atoms with Crippen LogP contribution in [0.3, 0.4) is 0 Å². The Hall–Kier alpha value is -2.59. The normalized spacial score (nSPS) is 23.7. The fourth-order valence-corrected chi connectivity index (χ4v) is 4.51. The Labute approximate surface area is 160 Å². The van der Waals surface area contributed by atoms with E-state index < -0.39 is 0 Å². The number of rotatable bonds is 3. The first-order valence-electron chi connectivity index (χ1n) is 9.42. The van der Waals surface area contributed by atoms with Crippen molar-refractivity contribution >= 4 is 5.78 Å². The van der Waals surface area contributed by atoms with Gasteiger partial charge in [-0.05, 0) is 42.2 Å². The van der Waals surface area contributed by atoms with Crippen molar-refractivity contribution in [3.05, 3.63) is 70.8 Å². The summed E-state index contributed by atoms with van der Waals surface area (Å²) in [6, 6.07) is 14.5. The zero-order valence-corrected chi connectivity index (χ0v) is 16.1. The van der Waals surface area contributed by atoms with Crippen LogP contribution in [0.5, 0.6) is 11.5 Å². The third kappa shape index (κ3) is 2.94. The average Bonchev–Trinajstić information content (AvgIpc) is 2.72. The lowest BCUT2D eigenvalue weighted by Crippen LogP contribution is -2.45. The highest BCUT2D eigenvalue weighted by Crippen LogP contribution is 2.48. The molecule has 0 saturated carbocycles. The Morgan fingerprint density at radius 1 is 1.07 bits per heavy atom. The fourth-order valence-electron chi connectivity index (χ4n) is 4.51. The monoisotopic (exact) mass is 363 g/mol. The molecule has 0 N–H and O–H groups in total. The first-order valence-corrected chi connectivity index (χ1v) is 9.42. The Morgan fingerprint density at radius 3 is 2.44 bits per heavy atom. The molecular formula is C23H25NO3. The Bertz CT molecular complexity index is 888. The van der Waals surface area contributed by atoms with Gasteiger partial charge in [-0.25, -0.2) is 0 Å². The van der Waals surface area contributed by atoms with Gasteiger partial charge in [0.1, 0.15) is 0 Å². The van der Waals surface area contributed by atoms with Crippen molar-refractivity contribution in [1.29, 1.82) is 0 Å². The molecule has 0 bridgehead atoms. The number of ketones is 1. The number of carbonyl (C=O) groups excluding carboxylic acids is 1. The van der Waals surface area contributed by atoms with Gasteiger partial charge >= 0.3 is 0 Å². The maximum Gasteiger partial charge on any atom is 0.162 e. The molecule has 2 aromatic rings. The molecule has 2 unspecified atom stereocenters. The van der Waals surface area contributed by atoms with Gasteiger partial charge in [0, 0.05) is 24.6 Å². The number of Topliss-reactive ketones (excluding diaryl/α,β-unsaturated/α-hetero) is 1. The van der Waals surface area contributed by atoms with E-state index >= 15 is 0 Å². The molecule has 27 heavy (non-hydrogen) atoms. The summed E-state index contributed by atoms with van der Waals surface area (Å²) in [5, 5.41) is 0. The van der Waals surface area contributed by atoms with E-state index in [-0.39, 0.29) is 17.9 Å². The molecule has 0 aliphatic carbocycles. The second-order valence-electron chi connectivity index (χ2n) is 7.09. The lowest BCUT2D eigenvalue weighted by atomic mass is 9.78. The quantitative estimate of drug-likeness (QED) is 0.764. The molecular weight excluding hydrogens is 338 g/mol. The first kappa shape index (κ1) is 17.8. The zero-order valence-electron chi connectivity index (χ0n) is 16.1. The molecule has 2 aromatic carbocycles. The summed E-state index contributed by atoms with van der Waals surface area (Å²) in [5.74, 6) is 1.69. The third-order valence-corrected chi connectivity index (χ3v) is 5.80. The summed E-state index contributed by atoms with van der Waals surface area (Å²) in [5.41, 5.74) is 4.47. The molecule has 0 amide bonds. The molecule has 2 aliphatic heterocycles. The van der Waals surface area contributed by atoms with E-state index in [1.807, 2.05) is 31.2 Å². The van der Waals surface area contributed by atoms with Crippen LogP contribution in [-0.4, -0.2) is 31.4 Å². The number of nitrogens with zero attached hydrogens (tertiary/aromatic N) is 1. The molecule has 2 heterocycles. The van der Waals surface area contributed by atoms with Crippen LogP contribution in [0.15, 0.2) is 54.1 Å². The predicted octanol–water partition coefficient (Wildman–Crippen LogP) is 4.26. The van der Waals surface area contributed by atoms with Crippen LogP contribution < -0.4 is 9.47 Å². The van der Waals surface area contributed by atoms with Crippen LogP contribution in [-0.2, 0) is 11.2 Å². The lowest BCUT2D eigenvalue weighted by molar-refractivity contribution is -0.120.